The van der Waals surface area contributed by atoms with Crippen LogP contribution in [-0.2, 0) is 4.79 Å². The third kappa shape index (κ3) is 2.74. The number of carbonyl (C=O) groups is 2. The van der Waals surface area contributed by atoms with Crippen LogP contribution in [0.15, 0.2) is 0 Å². The molecule has 0 aromatic carbocycles. The van der Waals surface area contributed by atoms with Crippen LogP contribution in [0, 0.1) is 0 Å². The molecule has 1 aliphatic rings. The molecule has 1 aliphatic carbocycles. The minimum Gasteiger partial charge on any atom is -0.480 e. The van der Waals surface area contributed by atoms with Gasteiger partial charge in [0.1, 0.15) is 12.1 Å². The maximum atomic E-state index is 12.3. The van der Waals surface area contributed by atoms with E-state index >= 15 is 0 Å². The average molecular weight is 226 g/mol. The number of rotatable bonds is 3. The maximum absolute atomic E-state index is 12.3. The van der Waals surface area contributed by atoms with Crippen LogP contribution in [0.3, 0.4) is 0 Å². The van der Waals surface area contributed by atoms with E-state index in [1.165, 1.54) is 0 Å². The summed E-state index contributed by atoms with van der Waals surface area (Å²) in [5.74, 6) is -1.32. The summed E-state index contributed by atoms with van der Waals surface area (Å²) in [6.07, 6.45) is -4.83. The predicted molar refractivity (Wildman–Crippen MR) is 42.2 cm³/mol. The molecule has 0 saturated heterocycles. The van der Waals surface area contributed by atoms with Gasteiger partial charge in [0, 0.05) is 0 Å². The summed E-state index contributed by atoms with van der Waals surface area (Å²) >= 11 is 0. The Labute approximate surface area is 82.6 Å². The number of halogens is 3. The number of alkyl halides is 3. The molecule has 15 heavy (non-hydrogen) atoms. The van der Waals surface area contributed by atoms with Gasteiger partial charge in [0.2, 0.25) is 0 Å². The molecule has 1 saturated carbocycles. The molecular formula is C7H9F3N2O3. The molecule has 0 aromatic heterocycles. The first-order chi connectivity index (χ1) is 6.77. The van der Waals surface area contributed by atoms with Gasteiger partial charge in [-0.05, 0) is 12.8 Å². The van der Waals surface area contributed by atoms with Crippen LogP contribution in [0.25, 0.3) is 0 Å². The Morgan fingerprint density at radius 3 is 2.20 bits per heavy atom. The number of carbonyl (C=O) groups excluding carboxylic acids is 1. The predicted octanol–water partition coefficient (Wildman–Crippen LogP) is 0.465. The zero-order chi connectivity index (χ0) is 11.7. The van der Waals surface area contributed by atoms with Crippen molar-refractivity contribution in [1.29, 1.82) is 0 Å². The van der Waals surface area contributed by atoms with Gasteiger partial charge >= 0.3 is 18.2 Å². The highest BCUT2D eigenvalue weighted by Gasteiger charge is 2.64. The van der Waals surface area contributed by atoms with Crippen molar-refractivity contribution in [3.8, 4) is 0 Å². The highest BCUT2D eigenvalue weighted by molar-refractivity contribution is 5.80. The molecule has 0 bridgehead atoms. The third-order valence-corrected chi connectivity index (χ3v) is 2.05. The van der Waals surface area contributed by atoms with Crippen molar-refractivity contribution in [2.45, 2.75) is 24.6 Å². The van der Waals surface area contributed by atoms with Crippen LogP contribution in [-0.4, -0.2) is 35.4 Å². The van der Waals surface area contributed by atoms with Crippen LogP contribution in [0.1, 0.15) is 12.8 Å². The summed E-state index contributed by atoms with van der Waals surface area (Å²) < 4.78 is 36.9. The summed E-state index contributed by atoms with van der Waals surface area (Å²) in [5, 5.41) is 11.7. The fourth-order valence-corrected chi connectivity index (χ4v) is 1.02. The fourth-order valence-electron chi connectivity index (χ4n) is 1.02. The second kappa shape index (κ2) is 3.59. The Bertz CT molecular complexity index is 286. The van der Waals surface area contributed by atoms with E-state index < -0.39 is 30.3 Å². The number of amides is 2. The Morgan fingerprint density at radius 1 is 1.33 bits per heavy atom. The van der Waals surface area contributed by atoms with E-state index in [2.05, 4.69) is 0 Å². The van der Waals surface area contributed by atoms with E-state index in [9.17, 15) is 22.8 Å². The molecule has 1 rings (SSSR count). The van der Waals surface area contributed by atoms with Crippen molar-refractivity contribution < 1.29 is 27.9 Å². The lowest BCUT2D eigenvalue weighted by Crippen LogP contribution is -2.52. The Kier molecular flexibility index (Phi) is 2.78. The van der Waals surface area contributed by atoms with Crippen LogP contribution in [0.4, 0.5) is 18.0 Å². The molecule has 0 spiro atoms. The summed E-state index contributed by atoms with van der Waals surface area (Å²) in [5.41, 5.74) is -2.16. The van der Waals surface area contributed by atoms with E-state index in [0.717, 1.165) is 0 Å². The highest BCUT2D eigenvalue weighted by atomic mass is 19.4. The first-order valence-corrected chi connectivity index (χ1v) is 4.11. The molecule has 0 radical (unpaired) electrons. The molecule has 8 heteroatoms. The second-order valence-electron chi connectivity index (χ2n) is 3.28. The molecule has 0 heterocycles. The van der Waals surface area contributed by atoms with Crippen molar-refractivity contribution in [1.82, 2.24) is 10.6 Å². The van der Waals surface area contributed by atoms with Crippen molar-refractivity contribution >= 4 is 12.0 Å². The zero-order valence-corrected chi connectivity index (χ0v) is 7.52. The quantitative estimate of drug-likeness (QED) is 0.654. The van der Waals surface area contributed by atoms with Gasteiger partial charge in [0.25, 0.3) is 0 Å². The first-order valence-electron chi connectivity index (χ1n) is 4.11. The number of carboxylic acids is 1. The molecule has 3 N–H and O–H groups in total. The number of urea groups is 1. The summed E-state index contributed by atoms with van der Waals surface area (Å²) in [6, 6.07) is -1.12. The lowest BCUT2D eigenvalue weighted by molar-refractivity contribution is -0.162. The average Bonchev–Trinajstić information content (AvgIpc) is 2.80. The molecule has 0 aromatic rings. The molecule has 86 valence electrons. The van der Waals surface area contributed by atoms with E-state index in [1.807, 2.05) is 0 Å². The molecular weight excluding hydrogens is 217 g/mol. The molecule has 2 amide bonds. The topological polar surface area (TPSA) is 78.4 Å². The minimum atomic E-state index is -4.49. The Morgan fingerprint density at radius 2 is 1.87 bits per heavy atom. The number of nitrogens with one attached hydrogen (secondary N) is 2. The van der Waals surface area contributed by atoms with Crippen molar-refractivity contribution in [2.24, 2.45) is 0 Å². The van der Waals surface area contributed by atoms with E-state index in [1.54, 1.807) is 10.6 Å². The molecule has 0 aliphatic heterocycles. The van der Waals surface area contributed by atoms with Gasteiger partial charge < -0.3 is 15.7 Å². The number of hydrogen-bond acceptors (Lipinski definition) is 2. The van der Waals surface area contributed by atoms with Gasteiger partial charge in [-0.1, -0.05) is 0 Å². The van der Waals surface area contributed by atoms with E-state index in [4.69, 9.17) is 5.11 Å². The van der Waals surface area contributed by atoms with Crippen molar-refractivity contribution in [3.05, 3.63) is 0 Å². The van der Waals surface area contributed by atoms with Crippen LogP contribution in [0.5, 0.6) is 0 Å². The van der Waals surface area contributed by atoms with Gasteiger partial charge in [-0.3, -0.25) is 4.79 Å². The molecule has 0 atom stereocenters. The number of carboxylic acid groups (broad SMARTS) is 1. The van der Waals surface area contributed by atoms with E-state index in [-0.39, 0.29) is 12.8 Å². The smallest absolute Gasteiger partial charge is 0.411 e. The lowest BCUT2D eigenvalue weighted by Gasteiger charge is -2.20. The summed E-state index contributed by atoms with van der Waals surface area (Å²) in [7, 11) is 0. The Hall–Kier alpha value is -1.47. The van der Waals surface area contributed by atoms with E-state index in [0.29, 0.717) is 0 Å². The van der Waals surface area contributed by atoms with Gasteiger partial charge in [0.05, 0.1) is 0 Å². The van der Waals surface area contributed by atoms with Gasteiger partial charge in [-0.25, -0.2) is 4.79 Å². The second-order valence-corrected chi connectivity index (χ2v) is 3.28. The number of aliphatic carboxylic acids is 1. The van der Waals surface area contributed by atoms with Crippen molar-refractivity contribution in [2.75, 3.05) is 6.54 Å². The zero-order valence-electron chi connectivity index (χ0n) is 7.52. The van der Waals surface area contributed by atoms with Crippen molar-refractivity contribution in [3.63, 3.8) is 0 Å². The van der Waals surface area contributed by atoms with Gasteiger partial charge in [-0.2, -0.15) is 13.2 Å². The number of hydrogen-bond donors (Lipinski definition) is 3. The van der Waals surface area contributed by atoms with Crippen LogP contribution >= 0.6 is 0 Å². The Balaban J connectivity index is 2.42. The van der Waals surface area contributed by atoms with Gasteiger partial charge in [-0.15, -0.1) is 0 Å². The lowest BCUT2D eigenvalue weighted by atomic mass is 10.3. The third-order valence-electron chi connectivity index (χ3n) is 2.05. The largest absolute Gasteiger partial charge is 0.480 e. The van der Waals surface area contributed by atoms with Crippen LogP contribution in [0.2, 0.25) is 0 Å². The fraction of sp³-hybridized carbons (Fsp3) is 0.714. The minimum absolute atomic E-state index is 0.170. The first kappa shape index (κ1) is 11.6. The summed E-state index contributed by atoms with van der Waals surface area (Å²) in [6.45, 7) is -0.709. The SMILES string of the molecule is O=C(O)CNC(=O)NC1(C(F)(F)F)CC1. The standard InChI is InChI=1S/C7H9F3N2O3/c8-7(9,10)6(1-2-6)12-5(15)11-3-4(13)14/h1-3H2,(H,13,14)(H2,11,12,15). The molecule has 5 nitrogen and oxygen atoms in total. The van der Waals surface area contributed by atoms with Gasteiger partial charge in [0.15, 0.2) is 0 Å². The monoisotopic (exact) mass is 226 g/mol. The molecule has 0 unspecified atom stereocenters. The maximum Gasteiger partial charge on any atom is 0.411 e. The van der Waals surface area contributed by atoms with Crippen LogP contribution < -0.4 is 10.6 Å². The normalized spacial score (nSPS) is 18.1. The molecule has 1 fully saturated rings. The summed E-state index contributed by atoms with van der Waals surface area (Å²) in [4.78, 5) is 20.9. The highest BCUT2D eigenvalue weighted by Crippen LogP contribution is 2.48.